The van der Waals surface area contributed by atoms with Crippen LogP contribution in [0.4, 0.5) is 0 Å². The number of hydrogen-bond donors (Lipinski definition) is 1. The molecule has 0 aliphatic heterocycles. The van der Waals surface area contributed by atoms with Crippen molar-refractivity contribution in [2.45, 2.75) is 37.7 Å². The van der Waals surface area contributed by atoms with Gasteiger partial charge >= 0.3 is 11.9 Å². The fourth-order valence-corrected chi connectivity index (χ4v) is 2.28. The minimum absolute atomic E-state index is 0.202. The molecule has 0 amide bonds. The predicted octanol–water partition coefficient (Wildman–Crippen LogP) is 0.550. The second kappa shape index (κ2) is 6.55. The number of carbonyl (C=O) groups excluding carboxylic acids is 1. The van der Waals surface area contributed by atoms with E-state index in [9.17, 15) is 13.8 Å². The molecule has 0 heterocycles. The van der Waals surface area contributed by atoms with Gasteiger partial charge in [-0.15, -0.1) is 0 Å². The highest BCUT2D eigenvalue weighted by Crippen LogP contribution is 2.10. The lowest BCUT2D eigenvalue weighted by atomic mass is 10.3. The maximum Gasteiger partial charge on any atom is 0.321 e. The number of hydrogen-bond acceptors (Lipinski definition) is 4. The summed E-state index contributed by atoms with van der Waals surface area (Å²) >= 11 is 0. The zero-order valence-electron chi connectivity index (χ0n) is 9.06. The molecule has 5 nitrogen and oxygen atoms in total. The van der Waals surface area contributed by atoms with Crippen LogP contribution in [0.15, 0.2) is 0 Å². The van der Waals surface area contributed by atoms with Gasteiger partial charge in [-0.2, -0.15) is 0 Å². The second-order valence-corrected chi connectivity index (χ2v) is 4.89. The van der Waals surface area contributed by atoms with Crippen LogP contribution in [0.1, 0.15) is 27.2 Å². The van der Waals surface area contributed by atoms with E-state index in [0.717, 1.165) is 0 Å². The summed E-state index contributed by atoms with van der Waals surface area (Å²) in [6.07, 6.45) is 0.309. The highest BCUT2D eigenvalue weighted by atomic mass is 32.2. The highest BCUT2D eigenvalue weighted by Gasteiger charge is 2.31. The first kappa shape index (κ1) is 14.1. The van der Waals surface area contributed by atoms with E-state index in [1.165, 1.54) is 6.92 Å². The van der Waals surface area contributed by atoms with Crippen LogP contribution < -0.4 is 0 Å². The van der Waals surface area contributed by atoms with E-state index in [1.807, 2.05) is 0 Å². The Hall–Kier alpha value is -0.910. The van der Waals surface area contributed by atoms with Crippen molar-refractivity contribution < 1.29 is 23.6 Å². The van der Waals surface area contributed by atoms with Crippen molar-refractivity contribution >= 4 is 22.7 Å². The summed E-state index contributed by atoms with van der Waals surface area (Å²) < 4.78 is 16.4. The molecule has 0 bridgehead atoms. The van der Waals surface area contributed by atoms with Gasteiger partial charge in [-0.25, -0.2) is 0 Å². The van der Waals surface area contributed by atoms with E-state index in [1.54, 1.807) is 13.8 Å². The highest BCUT2D eigenvalue weighted by molar-refractivity contribution is 7.87. The van der Waals surface area contributed by atoms with Crippen LogP contribution in [0.25, 0.3) is 0 Å². The molecule has 0 radical (unpaired) electrons. The summed E-state index contributed by atoms with van der Waals surface area (Å²) in [5, 5.41) is 6.76. The van der Waals surface area contributed by atoms with Crippen molar-refractivity contribution in [1.82, 2.24) is 0 Å². The standard InChI is InChI=1S/C9H16O5S/c1-4-7(9(12)14-5-2)15(13)6(3)8(10)11/h6-7H,4-5H2,1-3H3,(H,10,11). The summed E-state index contributed by atoms with van der Waals surface area (Å²) in [4.78, 5) is 21.9. The van der Waals surface area contributed by atoms with Gasteiger partial charge in [0.25, 0.3) is 0 Å². The Labute approximate surface area is 91.3 Å². The molecular weight excluding hydrogens is 220 g/mol. The van der Waals surface area contributed by atoms with Gasteiger partial charge in [0.05, 0.1) is 6.61 Å². The molecule has 0 saturated carbocycles. The second-order valence-electron chi connectivity index (χ2n) is 2.96. The maximum absolute atomic E-state index is 11.7. The first-order valence-electron chi connectivity index (χ1n) is 4.74. The van der Waals surface area contributed by atoms with Crippen molar-refractivity contribution in [3.63, 3.8) is 0 Å². The Kier molecular flexibility index (Phi) is 6.15. The van der Waals surface area contributed by atoms with E-state index in [4.69, 9.17) is 9.84 Å². The summed E-state index contributed by atoms with van der Waals surface area (Å²) in [7, 11) is -1.74. The maximum atomic E-state index is 11.7. The number of carboxylic acids is 1. The van der Waals surface area contributed by atoms with Crippen LogP contribution in [0.2, 0.25) is 0 Å². The normalized spacial score (nSPS) is 16.5. The molecule has 6 heteroatoms. The van der Waals surface area contributed by atoms with Crippen LogP contribution in [-0.4, -0.2) is 38.4 Å². The van der Waals surface area contributed by atoms with Crippen LogP contribution in [0.5, 0.6) is 0 Å². The fourth-order valence-electron chi connectivity index (χ4n) is 1.01. The molecule has 0 fully saturated rings. The van der Waals surface area contributed by atoms with E-state index in [0.29, 0.717) is 6.42 Å². The Morgan fingerprint density at radius 1 is 1.40 bits per heavy atom. The lowest BCUT2D eigenvalue weighted by Crippen LogP contribution is -2.36. The van der Waals surface area contributed by atoms with Crippen LogP contribution in [0.3, 0.4) is 0 Å². The summed E-state index contributed by atoms with van der Waals surface area (Å²) in [6.45, 7) is 4.84. The molecule has 0 spiro atoms. The van der Waals surface area contributed by atoms with Crippen LogP contribution in [-0.2, 0) is 25.1 Å². The van der Waals surface area contributed by atoms with Gasteiger partial charge < -0.3 is 9.84 Å². The van der Waals surface area contributed by atoms with Gasteiger partial charge in [-0.3, -0.25) is 13.8 Å². The van der Waals surface area contributed by atoms with Gasteiger partial charge in [0, 0.05) is 10.8 Å². The molecule has 0 aromatic rings. The molecule has 0 saturated heterocycles. The molecule has 15 heavy (non-hydrogen) atoms. The zero-order valence-corrected chi connectivity index (χ0v) is 9.87. The summed E-state index contributed by atoms with van der Waals surface area (Å²) in [5.41, 5.74) is 0. The van der Waals surface area contributed by atoms with Gasteiger partial charge in [0.1, 0.15) is 10.5 Å². The van der Waals surface area contributed by atoms with Crippen molar-refractivity contribution in [3.05, 3.63) is 0 Å². The molecule has 0 aliphatic carbocycles. The van der Waals surface area contributed by atoms with E-state index in [-0.39, 0.29) is 6.61 Å². The smallest absolute Gasteiger partial charge is 0.321 e. The molecule has 0 rings (SSSR count). The van der Waals surface area contributed by atoms with Crippen molar-refractivity contribution in [1.29, 1.82) is 0 Å². The Bertz CT molecular complexity index is 263. The third-order valence-corrected chi connectivity index (χ3v) is 3.88. The molecule has 3 atom stereocenters. The molecule has 1 N–H and O–H groups in total. The van der Waals surface area contributed by atoms with Gasteiger partial charge in [-0.1, -0.05) is 6.92 Å². The summed E-state index contributed by atoms with van der Waals surface area (Å²) in [5.74, 6) is -1.76. The average molecular weight is 236 g/mol. The SMILES string of the molecule is CCOC(=O)C(CC)S(=O)C(C)C(=O)O. The van der Waals surface area contributed by atoms with Crippen molar-refractivity contribution in [3.8, 4) is 0 Å². The monoisotopic (exact) mass is 236 g/mol. The lowest BCUT2D eigenvalue weighted by molar-refractivity contribution is -0.142. The van der Waals surface area contributed by atoms with E-state index < -0.39 is 33.2 Å². The quantitative estimate of drug-likeness (QED) is 0.681. The molecule has 0 aromatic carbocycles. The van der Waals surface area contributed by atoms with Crippen LogP contribution >= 0.6 is 0 Å². The zero-order chi connectivity index (χ0) is 12.0. The predicted molar refractivity (Wildman–Crippen MR) is 56.0 cm³/mol. The minimum Gasteiger partial charge on any atom is -0.480 e. The molecule has 0 aromatic heterocycles. The summed E-state index contributed by atoms with van der Waals surface area (Å²) in [6, 6.07) is 0. The number of carbonyl (C=O) groups is 2. The van der Waals surface area contributed by atoms with Crippen molar-refractivity contribution in [2.24, 2.45) is 0 Å². The first-order chi connectivity index (χ1) is 6.95. The topological polar surface area (TPSA) is 80.7 Å². The molecule has 88 valence electrons. The van der Waals surface area contributed by atoms with Crippen molar-refractivity contribution in [2.75, 3.05) is 6.61 Å². The minimum atomic E-state index is -1.74. The molecule has 3 unspecified atom stereocenters. The van der Waals surface area contributed by atoms with Gasteiger partial charge in [-0.05, 0) is 20.3 Å². The Morgan fingerprint density at radius 2 is 1.93 bits per heavy atom. The number of aliphatic carboxylic acids is 1. The van der Waals surface area contributed by atoms with Crippen LogP contribution in [0, 0.1) is 0 Å². The lowest BCUT2D eigenvalue weighted by Gasteiger charge is -2.15. The molecular formula is C9H16O5S. The van der Waals surface area contributed by atoms with Gasteiger partial charge in [0.2, 0.25) is 0 Å². The Morgan fingerprint density at radius 3 is 2.27 bits per heavy atom. The largest absolute Gasteiger partial charge is 0.480 e. The average Bonchev–Trinajstić information content (AvgIpc) is 2.17. The van der Waals surface area contributed by atoms with Gasteiger partial charge in [0.15, 0.2) is 0 Å². The third kappa shape index (κ3) is 3.99. The number of ether oxygens (including phenoxy) is 1. The number of rotatable bonds is 6. The Balaban J connectivity index is 4.60. The van der Waals surface area contributed by atoms with E-state index >= 15 is 0 Å². The fraction of sp³-hybridized carbons (Fsp3) is 0.778. The first-order valence-corrected chi connectivity index (χ1v) is 6.02. The third-order valence-electron chi connectivity index (χ3n) is 1.90. The number of esters is 1. The number of carboxylic acid groups (broad SMARTS) is 1. The van der Waals surface area contributed by atoms with E-state index in [2.05, 4.69) is 0 Å². The molecule has 0 aliphatic rings.